The van der Waals surface area contributed by atoms with E-state index in [0.29, 0.717) is 13.0 Å². The third kappa shape index (κ3) is 5.27. The quantitative estimate of drug-likeness (QED) is 0.750. The van der Waals surface area contributed by atoms with Crippen molar-refractivity contribution in [2.75, 3.05) is 59.0 Å². The summed E-state index contributed by atoms with van der Waals surface area (Å²) >= 11 is 0. The fourth-order valence-electron chi connectivity index (χ4n) is 2.92. The van der Waals surface area contributed by atoms with Gasteiger partial charge in [-0.2, -0.15) is 5.26 Å². The molecular weight excluding hydrogens is 268 g/mol. The smallest absolute Gasteiger partial charge is 0.227 e. The Bertz CT molecular complexity index is 357. The molecule has 21 heavy (non-hydrogen) atoms. The zero-order valence-electron chi connectivity index (χ0n) is 12.7. The lowest BCUT2D eigenvalue weighted by Gasteiger charge is -2.32. The zero-order valence-corrected chi connectivity index (χ0v) is 12.7. The second-order valence-electron chi connectivity index (χ2n) is 5.73. The molecule has 2 fully saturated rings. The topological polar surface area (TPSA) is 68.6 Å². The van der Waals surface area contributed by atoms with Gasteiger partial charge < -0.3 is 15.0 Å². The van der Waals surface area contributed by atoms with Crippen LogP contribution in [0.25, 0.3) is 0 Å². The highest BCUT2D eigenvalue weighted by Gasteiger charge is 2.26. The van der Waals surface area contributed by atoms with E-state index in [2.05, 4.69) is 16.3 Å². The van der Waals surface area contributed by atoms with Crippen LogP contribution in [0.2, 0.25) is 0 Å². The minimum absolute atomic E-state index is 0.0853. The highest BCUT2D eigenvalue weighted by Crippen LogP contribution is 2.14. The Kier molecular flexibility index (Phi) is 6.93. The first-order valence-corrected chi connectivity index (χ1v) is 7.98. The molecule has 2 aliphatic rings. The second-order valence-corrected chi connectivity index (χ2v) is 5.73. The molecule has 1 amide bonds. The number of nitriles is 1. The Morgan fingerprint density at radius 2 is 2.19 bits per heavy atom. The lowest BCUT2D eigenvalue weighted by molar-refractivity contribution is -0.136. The Labute approximate surface area is 127 Å². The summed E-state index contributed by atoms with van der Waals surface area (Å²) in [5.41, 5.74) is 0. The number of carbonyl (C=O) groups is 1. The number of ether oxygens (including phenoxy) is 1. The molecule has 6 nitrogen and oxygen atoms in total. The molecule has 0 aromatic heterocycles. The van der Waals surface area contributed by atoms with Crippen molar-refractivity contribution in [2.45, 2.75) is 19.3 Å². The molecule has 0 spiro atoms. The minimum atomic E-state index is 0.0853. The number of hydrogen-bond acceptors (Lipinski definition) is 5. The molecule has 0 aromatic rings. The molecule has 0 saturated carbocycles. The predicted molar refractivity (Wildman–Crippen MR) is 79.7 cm³/mol. The van der Waals surface area contributed by atoms with Gasteiger partial charge in [-0.15, -0.1) is 0 Å². The van der Waals surface area contributed by atoms with Gasteiger partial charge in [0.2, 0.25) is 5.91 Å². The Hall–Kier alpha value is -1.16. The van der Waals surface area contributed by atoms with E-state index in [0.717, 1.165) is 65.3 Å². The lowest BCUT2D eigenvalue weighted by atomic mass is 9.98. The van der Waals surface area contributed by atoms with Crippen LogP contribution in [0, 0.1) is 17.2 Å². The van der Waals surface area contributed by atoms with E-state index in [9.17, 15) is 4.79 Å². The van der Waals surface area contributed by atoms with Crippen molar-refractivity contribution in [3.8, 4) is 6.07 Å². The molecule has 0 aliphatic carbocycles. The van der Waals surface area contributed by atoms with E-state index in [1.54, 1.807) is 0 Å². The van der Waals surface area contributed by atoms with Crippen LogP contribution in [0.5, 0.6) is 0 Å². The average Bonchev–Trinajstić information content (AvgIpc) is 2.56. The predicted octanol–water partition coefficient (Wildman–Crippen LogP) is 0.0605. The Morgan fingerprint density at radius 3 is 2.86 bits per heavy atom. The summed E-state index contributed by atoms with van der Waals surface area (Å²) in [4.78, 5) is 16.8. The van der Waals surface area contributed by atoms with Gasteiger partial charge in [0.25, 0.3) is 0 Å². The molecule has 1 N–H and O–H groups in total. The van der Waals surface area contributed by atoms with E-state index in [1.807, 2.05) is 4.90 Å². The van der Waals surface area contributed by atoms with Gasteiger partial charge in [0.15, 0.2) is 0 Å². The van der Waals surface area contributed by atoms with Crippen molar-refractivity contribution < 1.29 is 9.53 Å². The summed E-state index contributed by atoms with van der Waals surface area (Å²) in [5.74, 6) is 0.299. The van der Waals surface area contributed by atoms with Crippen molar-refractivity contribution in [3.05, 3.63) is 0 Å². The molecule has 1 atom stereocenters. The van der Waals surface area contributed by atoms with Crippen LogP contribution in [0.1, 0.15) is 19.3 Å². The van der Waals surface area contributed by atoms with Crippen LogP contribution >= 0.6 is 0 Å². The third-order valence-corrected chi connectivity index (χ3v) is 4.24. The average molecular weight is 294 g/mol. The number of hydrogen-bond donors (Lipinski definition) is 1. The number of rotatable bonds is 6. The number of piperidine rings is 1. The first-order valence-electron chi connectivity index (χ1n) is 7.98. The summed E-state index contributed by atoms with van der Waals surface area (Å²) in [6, 6.07) is 2.15. The molecule has 0 bridgehead atoms. The number of nitrogens with one attached hydrogen (secondary N) is 1. The van der Waals surface area contributed by atoms with Gasteiger partial charge in [-0.1, -0.05) is 0 Å². The summed E-state index contributed by atoms with van der Waals surface area (Å²) in [6.45, 7) is 7.36. The van der Waals surface area contributed by atoms with Crippen LogP contribution in [-0.2, 0) is 9.53 Å². The largest absolute Gasteiger partial charge is 0.379 e. The van der Waals surface area contributed by atoms with Gasteiger partial charge >= 0.3 is 0 Å². The molecule has 2 heterocycles. The van der Waals surface area contributed by atoms with Gasteiger partial charge in [0.1, 0.15) is 0 Å². The lowest BCUT2D eigenvalue weighted by Crippen LogP contribution is -2.47. The van der Waals surface area contributed by atoms with Gasteiger partial charge in [0.05, 0.1) is 31.6 Å². The zero-order chi connectivity index (χ0) is 14.9. The van der Waals surface area contributed by atoms with E-state index < -0.39 is 0 Å². The van der Waals surface area contributed by atoms with Crippen molar-refractivity contribution in [2.24, 2.45) is 5.92 Å². The third-order valence-electron chi connectivity index (χ3n) is 4.24. The molecule has 6 heteroatoms. The number of morpholine rings is 1. The molecule has 2 saturated heterocycles. The van der Waals surface area contributed by atoms with E-state index in [1.165, 1.54) is 0 Å². The monoisotopic (exact) mass is 294 g/mol. The maximum atomic E-state index is 12.6. The molecule has 0 radical (unpaired) electrons. The van der Waals surface area contributed by atoms with Crippen molar-refractivity contribution in [1.29, 1.82) is 5.26 Å². The number of carbonyl (C=O) groups excluding carboxylic acids is 1. The molecular formula is C15H26N4O2. The first kappa shape index (κ1) is 16.2. The maximum Gasteiger partial charge on any atom is 0.227 e. The van der Waals surface area contributed by atoms with E-state index >= 15 is 0 Å². The van der Waals surface area contributed by atoms with Crippen LogP contribution in [0.4, 0.5) is 0 Å². The fraction of sp³-hybridized carbons (Fsp3) is 0.867. The van der Waals surface area contributed by atoms with Crippen LogP contribution in [-0.4, -0.2) is 74.7 Å². The fourth-order valence-corrected chi connectivity index (χ4v) is 2.92. The molecule has 2 aliphatic heterocycles. The van der Waals surface area contributed by atoms with E-state index in [-0.39, 0.29) is 11.8 Å². The number of amides is 1. The summed E-state index contributed by atoms with van der Waals surface area (Å²) < 4.78 is 5.34. The standard InChI is InChI=1S/C15H26N4O2/c16-4-2-6-19(8-7-18-9-11-21-12-10-18)15(20)14-3-1-5-17-13-14/h14,17H,1-3,5-13H2/t14-/m1/s1. The normalized spacial score (nSPS) is 23.5. The van der Waals surface area contributed by atoms with Crippen molar-refractivity contribution in [3.63, 3.8) is 0 Å². The summed E-state index contributed by atoms with van der Waals surface area (Å²) in [5, 5.41) is 12.1. The Balaban J connectivity index is 1.83. The highest BCUT2D eigenvalue weighted by molar-refractivity contribution is 5.79. The second kappa shape index (κ2) is 8.98. The van der Waals surface area contributed by atoms with Gasteiger partial charge in [-0.25, -0.2) is 0 Å². The summed E-state index contributed by atoms with van der Waals surface area (Å²) in [7, 11) is 0. The van der Waals surface area contributed by atoms with E-state index in [4.69, 9.17) is 10.00 Å². The van der Waals surface area contributed by atoms with Crippen molar-refractivity contribution >= 4 is 5.91 Å². The number of nitrogens with zero attached hydrogens (tertiary/aromatic N) is 3. The Morgan fingerprint density at radius 1 is 1.38 bits per heavy atom. The maximum absolute atomic E-state index is 12.6. The molecule has 118 valence electrons. The molecule has 2 rings (SSSR count). The SMILES string of the molecule is N#CCCN(CCN1CCOCC1)C(=O)[C@@H]1CCCNC1. The minimum Gasteiger partial charge on any atom is -0.379 e. The summed E-state index contributed by atoms with van der Waals surface area (Å²) in [6.07, 6.45) is 2.44. The van der Waals surface area contributed by atoms with Gasteiger partial charge in [-0.3, -0.25) is 9.69 Å². The van der Waals surface area contributed by atoms with Gasteiger partial charge in [-0.05, 0) is 19.4 Å². The van der Waals surface area contributed by atoms with Crippen LogP contribution in [0.15, 0.2) is 0 Å². The van der Waals surface area contributed by atoms with Crippen LogP contribution < -0.4 is 5.32 Å². The molecule has 0 aromatic carbocycles. The van der Waals surface area contributed by atoms with Crippen molar-refractivity contribution in [1.82, 2.24) is 15.1 Å². The molecule has 0 unspecified atom stereocenters. The van der Waals surface area contributed by atoms with Gasteiger partial charge in [0, 0.05) is 39.3 Å². The highest BCUT2D eigenvalue weighted by atomic mass is 16.5. The van der Waals surface area contributed by atoms with Crippen LogP contribution in [0.3, 0.4) is 0 Å². The first-order chi connectivity index (χ1) is 10.3.